The Kier molecular flexibility index (Phi) is 4.57. The largest absolute Gasteiger partial charge is 0.480 e. The van der Waals surface area contributed by atoms with Crippen LogP contribution in [0, 0.1) is 0 Å². The van der Waals surface area contributed by atoms with E-state index >= 15 is 0 Å². The van der Waals surface area contributed by atoms with Gasteiger partial charge < -0.3 is 10.4 Å². The second kappa shape index (κ2) is 6.96. The van der Waals surface area contributed by atoms with Crippen molar-refractivity contribution in [3.05, 3.63) is 83.9 Å². The standard InChI is InChI=1S/C20H17NO3/c22-19(17-12-6-10-15-9-4-5-11-16(15)17)21-18(20(23)24)13-14-7-2-1-3-8-14/h1-12,18H,13H2,(H,21,22)(H,23,24). The normalized spacial score (nSPS) is 11.8. The molecule has 1 amide bonds. The zero-order valence-electron chi connectivity index (χ0n) is 13.0. The van der Waals surface area contributed by atoms with Crippen molar-refractivity contribution in [2.45, 2.75) is 12.5 Å². The number of benzene rings is 3. The molecule has 3 rings (SSSR count). The number of carbonyl (C=O) groups excluding carboxylic acids is 1. The van der Waals surface area contributed by atoms with Crippen LogP contribution in [0.1, 0.15) is 15.9 Å². The number of nitrogens with one attached hydrogen (secondary N) is 1. The Morgan fingerprint density at radius 1 is 0.875 bits per heavy atom. The summed E-state index contributed by atoms with van der Waals surface area (Å²) in [6.07, 6.45) is 0.243. The predicted molar refractivity (Wildman–Crippen MR) is 93.0 cm³/mol. The number of aliphatic carboxylic acids is 1. The van der Waals surface area contributed by atoms with Crippen molar-refractivity contribution in [1.29, 1.82) is 0 Å². The van der Waals surface area contributed by atoms with Crippen LogP contribution in [-0.4, -0.2) is 23.0 Å². The summed E-state index contributed by atoms with van der Waals surface area (Å²) in [5.74, 6) is -1.43. The first-order valence-corrected chi connectivity index (χ1v) is 7.70. The van der Waals surface area contributed by atoms with Gasteiger partial charge in [0.15, 0.2) is 0 Å². The number of carbonyl (C=O) groups is 2. The number of carboxylic acids is 1. The Balaban J connectivity index is 1.84. The lowest BCUT2D eigenvalue weighted by Gasteiger charge is -2.15. The summed E-state index contributed by atoms with van der Waals surface area (Å²) < 4.78 is 0. The van der Waals surface area contributed by atoms with Crippen LogP contribution >= 0.6 is 0 Å². The number of carboxylic acid groups (broad SMARTS) is 1. The summed E-state index contributed by atoms with van der Waals surface area (Å²) in [6, 6.07) is 21.3. The highest BCUT2D eigenvalue weighted by Gasteiger charge is 2.21. The molecule has 0 saturated carbocycles. The van der Waals surface area contributed by atoms with Gasteiger partial charge in [0.05, 0.1) is 0 Å². The molecule has 0 aliphatic rings. The zero-order chi connectivity index (χ0) is 16.9. The van der Waals surface area contributed by atoms with E-state index in [2.05, 4.69) is 5.32 Å². The van der Waals surface area contributed by atoms with Crippen molar-refractivity contribution in [2.75, 3.05) is 0 Å². The van der Waals surface area contributed by atoms with Gasteiger partial charge in [0.25, 0.3) is 5.91 Å². The molecule has 0 spiro atoms. The fourth-order valence-corrected chi connectivity index (χ4v) is 2.71. The average molecular weight is 319 g/mol. The lowest BCUT2D eigenvalue weighted by molar-refractivity contribution is -0.139. The topological polar surface area (TPSA) is 66.4 Å². The number of fused-ring (bicyclic) bond motifs is 1. The molecule has 0 fully saturated rings. The van der Waals surface area contributed by atoms with Crippen LogP contribution in [0.25, 0.3) is 10.8 Å². The van der Waals surface area contributed by atoms with Crippen LogP contribution < -0.4 is 5.32 Å². The van der Waals surface area contributed by atoms with Gasteiger partial charge in [-0.15, -0.1) is 0 Å². The molecule has 4 nitrogen and oxygen atoms in total. The first kappa shape index (κ1) is 15.7. The Morgan fingerprint density at radius 3 is 2.29 bits per heavy atom. The van der Waals surface area contributed by atoms with Crippen molar-refractivity contribution in [3.63, 3.8) is 0 Å². The van der Waals surface area contributed by atoms with E-state index in [0.29, 0.717) is 5.56 Å². The first-order chi connectivity index (χ1) is 11.6. The molecule has 4 heteroatoms. The Labute approximate surface area is 139 Å². The van der Waals surface area contributed by atoms with Crippen molar-refractivity contribution in [2.24, 2.45) is 0 Å². The zero-order valence-corrected chi connectivity index (χ0v) is 13.0. The molecular weight excluding hydrogens is 302 g/mol. The smallest absolute Gasteiger partial charge is 0.326 e. The third-order valence-corrected chi connectivity index (χ3v) is 3.92. The van der Waals surface area contributed by atoms with Gasteiger partial charge >= 0.3 is 5.97 Å². The molecule has 0 radical (unpaired) electrons. The van der Waals surface area contributed by atoms with Crippen LogP contribution in [0.4, 0.5) is 0 Å². The van der Waals surface area contributed by atoms with Crippen molar-refractivity contribution >= 4 is 22.6 Å². The van der Waals surface area contributed by atoms with Crippen LogP contribution in [0.15, 0.2) is 72.8 Å². The van der Waals surface area contributed by atoms with Gasteiger partial charge in [0, 0.05) is 12.0 Å². The fraction of sp³-hybridized carbons (Fsp3) is 0.100. The maximum Gasteiger partial charge on any atom is 0.326 e. The van der Waals surface area contributed by atoms with Crippen LogP contribution in [-0.2, 0) is 11.2 Å². The molecule has 0 bridgehead atoms. The molecular formula is C20H17NO3. The second-order valence-corrected chi connectivity index (χ2v) is 5.58. The van der Waals surface area contributed by atoms with E-state index in [9.17, 15) is 14.7 Å². The number of rotatable bonds is 5. The molecule has 0 aliphatic heterocycles. The number of hydrogen-bond acceptors (Lipinski definition) is 2. The molecule has 3 aromatic rings. The van der Waals surface area contributed by atoms with Crippen LogP contribution in [0.2, 0.25) is 0 Å². The summed E-state index contributed by atoms with van der Waals surface area (Å²) in [4.78, 5) is 24.1. The van der Waals surface area contributed by atoms with Gasteiger partial charge in [-0.1, -0.05) is 66.7 Å². The maximum absolute atomic E-state index is 12.6. The molecule has 2 N–H and O–H groups in total. The summed E-state index contributed by atoms with van der Waals surface area (Å²) in [7, 11) is 0. The Hall–Kier alpha value is -3.14. The molecule has 1 unspecified atom stereocenters. The second-order valence-electron chi connectivity index (χ2n) is 5.58. The summed E-state index contributed by atoms with van der Waals surface area (Å²) in [6.45, 7) is 0. The van der Waals surface area contributed by atoms with Crippen LogP contribution in [0.3, 0.4) is 0 Å². The third-order valence-electron chi connectivity index (χ3n) is 3.92. The quantitative estimate of drug-likeness (QED) is 0.758. The lowest BCUT2D eigenvalue weighted by Crippen LogP contribution is -2.42. The highest BCUT2D eigenvalue weighted by molar-refractivity contribution is 6.07. The van der Waals surface area contributed by atoms with E-state index in [1.807, 2.05) is 60.7 Å². The van der Waals surface area contributed by atoms with E-state index in [-0.39, 0.29) is 12.3 Å². The molecule has 0 aromatic heterocycles. The molecule has 3 aromatic carbocycles. The van der Waals surface area contributed by atoms with Gasteiger partial charge in [0.1, 0.15) is 6.04 Å². The highest BCUT2D eigenvalue weighted by atomic mass is 16.4. The van der Waals surface area contributed by atoms with Gasteiger partial charge in [-0.2, -0.15) is 0 Å². The van der Waals surface area contributed by atoms with Crippen molar-refractivity contribution in [3.8, 4) is 0 Å². The maximum atomic E-state index is 12.6. The average Bonchev–Trinajstić information content (AvgIpc) is 2.61. The highest BCUT2D eigenvalue weighted by Crippen LogP contribution is 2.18. The van der Waals surface area contributed by atoms with E-state index in [1.54, 1.807) is 12.1 Å². The Bertz CT molecular complexity index is 869. The molecule has 120 valence electrons. The van der Waals surface area contributed by atoms with Crippen molar-refractivity contribution in [1.82, 2.24) is 5.32 Å². The number of amides is 1. The van der Waals surface area contributed by atoms with Gasteiger partial charge in [-0.3, -0.25) is 4.79 Å². The van der Waals surface area contributed by atoms with Gasteiger partial charge in [-0.25, -0.2) is 4.79 Å². The molecule has 24 heavy (non-hydrogen) atoms. The van der Waals surface area contributed by atoms with E-state index in [4.69, 9.17) is 0 Å². The minimum Gasteiger partial charge on any atom is -0.480 e. The number of hydrogen-bond donors (Lipinski definition) is 2. The summed E-state index contributed by atoms with van der Waals surface area (Å²) >= 11 is 0. The lowest BCUT2D eigenvalue weighted by atomic mass is 10.0. The molecule has 0 aliphatic carbocycles. The van der Waals surface area contributed by atoms with E-state index in [0.717, 1.165) is 16.3 Å². The molecule has 0 saturated heterocycles. The molecule has 0 heterocycles. The SMILES string of the molecule is O=C(NC(Cc1ccccc1)C(=O)O)c1cccc2ccccc12. The predicted octanol–water partition coefficient (Wildman–Crippen LogP) is 3.27. The van der Waals surface area contributed by atoms with Crippen molar-refractivity contribution < 1.29 is 14.7 Å². The Morgan fingerprint density at radius 2 is 1.54 bits per heavy atom. The summed E-state index contributed by atoms with van der Waals surface area (Å²) in [5, 5.41) is 13.8. The van der Waals surface area contributed by atoms with Crippen LogP contribution in [0.5, 0.6) is 0 Å². The minimum atomic E-state index is -1.05. The minimum absolute atomic E-state index is 0.243. The monoisotopic (exact) mass is 319 g/mol. The fourth-order valence-electron chi connectivity index (χ4n) is 2.71. The molecule has 1 atom stereocenters. The summed E-state index contributed by atoms with van der Waals surface area (Å²) in [5.41, 5.74) is 1.34. The van der Waals surface area contributed by atoms with Gasteiger partial charge in [-0.05, 0) is 22.4 Å². The van der Waals surface area contributed by atoms with Gasteiger partial charge in [0.2, 0.25) is 0 Å². The van der Waals surface area contributed by atoms with E-state index < -0.39 is 12.0 Å². The van der Waals surface area contributed by atoms with E-state index in [1.165, 1.54) is 0 Å². The third kappa shape index (κ3) is 3.43. The first-order valence-electron chi connectivity index (χ1n) is 7.70.